The molecular weight excluding hydrogens is 198 g/mol. The highest BCUT2D eigenvalue weighted by atomic mass is 15.1. The van der Waals surface area contributed by atoms with Gasteiger partial charge in [-0.25, -0.2) is 0 Å². The fourth-order valence-electron chi connectivity index (χ4n) is 1.81. The van der Waals surface area contributed by atoms with Crippen LogP contribution in [0.15, 0.2) is 18.3 Å². The summed E-state index contributed by atoms with van der Waals surface area (Å²) in [6, 6.07) is 4.33. The molecule has 1 rings (SSSR count). The molecule has 0 fully saturated rings. The van der Waals surface area contributed by atoms with E-state index in [0.29, 0.717) is 0 Å². The molecule has 0 spiro atoms. The lowest BCUT2D eigenvalue weighted by atomic mass is 10.3. The third-order valence-corrected chi connectivity index (χ3v) is 2.65. The summed E-state index contributed by atoms with van der Waals surface area (Å²) in [6.45, 7) is 6.58. The van der Waals surface area contributed by atoms with Gasteiger partial charge in [-0.2, -0.15) is 0 Å². The third kappa shape index (κ3) is 4.81. The van der Waals surface area contributed by atoms with Crippen LogP contribution < -0.4 is 5.32 Å². The zero-order chi connectivity index (χ0) is 11.8. The zero-order valence-corrected chi connectivity index (χ0v) is 10.9. The maximum absolute atomic E-state index is 3.49. The molecule has 0 aliphatic heterocycles. The summed E-state index contributed by atoms with van der Waals surface area (Å²) >= 11 is 0. The van der Waals surface area contributed by atoms with Gasteiger partial charge >= 0.3 is 0 Å². The molecular formula is C13H25N3. The van der Waals surface area contributed by atoms with Crippen LogP contribution in [0.3, 0.4) is 0 Å². The Bertz CT molecular complexity index is 278. The van der Waals surface area contributed by atoms with E-state index in [0.717, 1.165) is 26.2 Å². The molecule has 0 aromatic carbocycles. The molecule has 1 N–H and O–H groups in total. The van der Waals surface area contributed by atoms with E-state index >= 15 is 0 Å². The van der Waals surface area contributed by atoms with Gasteiger partial charge in [0.1, 0.15) is 0 Å². The Hall–Kier alpha value is -0.800. The van der Waals surface area contributed by atoms with Crippen molar-refractivity contribution in [2.24, 2.45) is 0 Å². The Kier molecular flexibility index (Phi) is 6.19. The van der Waals surface area contributed by atoms with Crippen LogP contribution in [0, 0.1) is 0 Å². The minimum Gasteiger partial charge on any atom is -0.350 e. The number of hydrogen-bond donors (Lipinski definition) is 1. The smallest absolute Gasteiger partial charge is 0.0359 e. The fourth-order valence-corrected chi connectivity index (χ4v) is 1.81. The quantitative estimate of drug-likeness (QED) is 0.680. The van der Waals surface area contributed by atoms with Crippen LogP contribution in [0.4, 0.5) is 0 Å². The van der Waals surface area contributed by atoms with E-state index in [2.05, 4.69) is 54.1 Å². The first-order chi connectivity index (χ1) is 7.74. The summed E-state index contributed by atoms with van der Waals surface area (Å²) in [4.78, 5) is 2.22. The van der Waals surface area contributed by atoms with Crippen molar-refractivity contribution in [1.29, 1.82) is 0 Å². The van der Waals surface area contributed by atoms with E-state index in [1.165, 1.54) is 18.5 Å². The normalized spacial score (nSPS) is 11.2. The van der Waals surface area contributed by atoms with Crippen molar-refractivity contribution in [1.82, 2.24) is 14.8 Å². The molecule has 0 unspecified atom stereocenters. The van der Waals surface area contributed by atoms with Gasteiger partial charge in [0.15, 0.2) is 0 Å². The van der Waals surface area contributed by atoms with Gasteiger partial charge in [0, 0.05) is 25.0 Å². The van der Waals surface area contributed by atoms with Gasteiger partial charge in [-0.05, 0) is 52.2 Å². The molecule has 92 valence electrons. The molecule has 0 saturated heterocycles. The Morgan fingerprint density at radius 3 is 2.88 bits per heavy atom. The largest absolute Gasteiger partial charge is 0.350 e. The van der Waals surface area contributed by atoms with E-state index in [-0.39, 0.29) is 0 Å². The molecule has 1 heterocycles. The summed E-state index contributed by atoms with van der Waals surface area (Å²) in [6.07, 6.45) is 4.57. The molecule has 0 bridgehead atoms. The maximum Gasteiger partial charge on any atom is 0.0359 e. The number of hydrogen-bond acceptors (Lipinski definition) is 2. The Morgan fingerprint density at radius 1 is 1.38 bits per heavy atom. The highest BCUT2D eigenvalue weighted by Gasteiger charge is 1.99. The summed E-state index contributed by atoms with van der Waals surface area (Å²) in [5.41, 5.74) is 1.40. The van der Waals surface area contributed by atoms with E-state index in [4.69, 9.17) is 0 Å². The lowest BCUT2D eigenvalue weighted by Crippen LogP contribution is -2.22. The van der Waals surface area contributed by atoms with Crippen molar-refractivity contribution in [3.63, 3.8) is 0 Å². The Balaban J connectivity index is 2.18. The molecule has 0 atom stereocenters. The lowest BCUT2D eigenvalue weighted by molar-refractivity contribution is 0.393. The van der Waals surface area contributed by atoms with Crippen molar-refractivity contribution in [3.8, 4) is 0 Å². The molecule has 0 amide bonds. The summed E-state index contributed by atoms with van der Waals surface area (Å²) in [5.74, 6) is 0. The van der Waals surface area contributed by atoms with Crippen molar-refractivity contribution < 1.29 is 0 Å². The van der Waals surface area contributed by atoms with Crippen LogP contribution in [0.25, 0.3) is 0 Å². The average Bonchev–Trinajstić information content (AvgIpc) is 2.65. The van der Waals surface area contributed by atoms with Crippen molar-refractivity contribution >= 4 is 0 Å². The second kappa shape index (κ2) is 7.47. The van der Waals surface area contributed by atoms with Gasteiger partial charge in [-0.1, -0.05) is 6.92 Å². The van der Waals surface area contributed by atoms with Crippen LogP contribution in [0.1, 0.15) is 25.5 Å². The van der Waals surface area contributed by atoms with Crippen LogP contribution in [-0.4, -0.2) is 36.7 Å². The maximum atomic E-state index is 3.49. The molecule has 3 heteroatoms. The lowest BCUT2D eigenvalue weighted by Gasteiger charge is -2.11. The SMILES string of the molecule is CCCn1cccc1CNCCCN(C)C. The molecule has 1 aromatic heterocycles. The highest BCUT2D eigenvalue weighted by molar-refractivity contribution is 5.06. The van der Waals surface area contributed by atoms with Crippen molar-refractivity contribution in [2.75, 3.05) is 27.2 Å². The fraction of sp³-hybridized carbons (Fsp3) is 0.692. The third-order valence-electron chi connectivity index (χ3n) is 2.65. The molecule has 16 heavy (non-hydrogen) atoms. The molecule has 0 radical (unpaired) electrons. The average molecular weight is 223 g/mol. The Morgan fingerprint density at radius 2 is 2.19 bits per heavy atom. The zero-order valence-electron chi connectivity index (χ0n) is 10.9. The van der Waals surface area contributed by atoms with Gasteiger partial charge in [0.25, 0.3) is 0 Å². The number of aryl methyl sites for hydroxylation is 1. The van der Waals surface area contributed by atoms with Crippen molar-refractivity contribution in [3.05, 3.63) is 24.0 Å². The van der Waals surface area contributed by atoms with E-state index in [9.17, 15) is 0 Å². The monoisotopic (exact) mass is 223 g/mol. The molecule has 0 aliphatic carbocycles. The van der Waals surface area contributed by atoms with Crippen LogP contribution in [-0.2, 0) is 13.1 Å². The van der Waals surface area contributed by atoms with Gasteiger partial charge in [0.2, 0.25) is 0 Å². The first-order valence-electron chi connectivity index (χ1n) is 6.23. The molecule has 1 aromatic rings. The Labute approximate surface area is 99.4 Å². The summed E-state index contributed by atoms with van der Waals surface area (Å²) in [7, 11) is 4.23. The number of nitrogens with zero attached hydrogens (tertiary/aromatic N) is 2. The van der Waals surface area contributed by atoms with Gasteiger partial charge in [0.05, 0.1) is 0 Å². The predicted octanol–water partition coefficient (Wildman–Crippen LogP) is 1.94. The summed E-state index contributed by atoms with van der Waals surface area (Å²) in [5, 5.41) is 3.49. The summed E-state index contributed by atoms with van der Waals surface area (Å²) < 4.78 is 2.33. The second-order valence-electron chi connectivity index (χ2n) is 4.53. The van der Waals surface area contributed by atoms with E-state index in [1.807, 2.05) is 0 Å². The van der Waals surface area contributed by atoms with E-state index in [1.54, 1.807) is 0 Å². The van der Waals surface area contributed by atoms with Crippen LogP contribution in [0.2, 0.25) is 0 Å². The minimum atomic E-state index is 0.987. The second-order valence-corrected chi connectivity index (χ2v) is 4.53. The topological polar surface area (TPSA) is 20.2 Å². The first kappa shape index (κ1) is 13.3. The molecule has 3 nitrogen and oxygen atoms in total. The van der Waals surface area contributed by atoms with Gasteiger partial charge < -0.3 is 14.8 Å². The molecule has 0 saturated carbocycles. The minimum absolute atomic E-state index is 0.987. The first-order valence-corrected chi connectivity index (χ1v) is 6.23. The number of nitrogens with one attached hydrogen (secondary N) is 1. The van der Waals surface area contributed by atoms with Crippen molar-refractivity contribution in [2.45, 2.75) is 32.9 Å². The predicted molar refractivity (Wildman–Crippen MR) is 69.6 cm³/mol. The number of aromatic nitrogens is 1. The molecule has 0 aliphatic rings. The van der Waals surface area contributed by atoms with Gasteiger partial charge in [-0.3, -0.25) is 0 Å². The number of rotatable bonds is 8. The van der Waals surface area contributed by atoms with Gasteiger partial charge in [-0.15, -0.1) is 0 Å². The van der Waals surface area contributed by atoms with E-state index < -0.39 is 0 Å². The highest BCUT2D eigenvalue weighted by Crippen LogP contribution is 2.03. The van der Waals surface area contributed by atoms with Crippen LogP contribution in [0.5, 0.6) is 0 Å². The van der Waals surface area contributed by atoms with Crippen LogP contribution >= 0.6 is 0 Å². The standard InChI is InChI=1S/C13H25N3/c1-4-9-16-11-5-7-13(16)12-14-8-6-10-15(2)3/h5,7,11,14H,4,6,8-10,12H2,1-3H3.